The fourth-order valence-corrected chi connectivity index (χ4v) is 3.63. The molecule has 27 heavy (non-hydrogen) atoms. The van der Waals surface area contributed by atoms with E-state index in [0.717, 1.165) is 11.0 Å². The maximum atomic E-state index is 13.1. The second-order valence-corrected chi connectivity index (χ2v) is 7.29. The van der Waals surface area contributed by atoms with E-state index in [-0.39, 0.29) is 23.0 Å². The molecule has 0 saturated heterocycles. The van der Waals surface area contributed by atoms with Gasteiger partial charge in [0.15, 0.2) is 6.61 Å². The minimum atomic E-state index is -0.672. The summed E-state index contributed by atoms with van der Waals surface area (Å²) in [5, 5.41) is 4.40. The summed E-state index contributed by atoms with van der Waals surface area (Å²) in [6.45, 7) is -0.524. The minimum Gasteiger partial charge on any atom is -0.456 e. The molecule has 0 saturated carbocycles. The lowest BCUT2D eigenvalue weighted by Crippen LogP contribution is -2.32. The number of rotatable bonds is 5. The van der Waals surface area contributed by atoms with Crippen molar-refractivity contribution in [3.05, 3.63) is 53.3 Å². The van der Waals surface area contributed by atoms with Crippen LogP contribution in [0.5, 0.6) is 0 Å². The Kier molecular flexibility index (Phi) is 5.98. The van der Waals surface area contributed by atoms with Crippen LogP contribution >= 0.6 is 23.4 Å². The number of thioether (sulfide) groups is 1. The number of esters is 1. The van der Waals surface area contributed by atoms with Crippen molar-refractivity contribution in [2.24, 2.45) is 0 Å². The Bertz CT molecular complexity index is 909. The summed E-state index contributed by atoms with van der Waals surface area (Å²) in [5.41, 5.74) is 0.982. The molecular formula is C18H14ClFN2O4S. The molecule has 0 spiro atoms. The van der Waals surface area contributed by atoms with Gasteiger partial charge in [-0.15, -0.1) is 11.8 Å². The number of benzene rings is 2. The quantitative estimate of drug-likeness (QED) is 0.740. The molecule has 6 nitrogen and oxygen atoms in total. The third-order valence-corrected chi connectivity index (χ3v) is 5.19. The molecule has 2 N–H and O–H groups in total. The van der Waals surface area contributed by atoms with Crippen LogP contribution in [0.15, 0.2) is 47.4 Å². The molecule has 140 valence electrons. The van der Waals surface area contributed by atoms with E-state index in [0.29, 0.717) is 5.69 Å². The molecule has 1 aliphatic rings. The molecular weight excluding hydrogens is 395 g/mol. The average Bonchev–Trinajstić information content (AvgIpc) is 2.64. The molecule has 1 atom stereocenters. The first-order valence-electron chi connectivity index (χ1n) is 7.89. The van der Waals surface area contributed by atoms with Gasteiger partial charge in [-0.25, -0.2) is 4.39 Å². The molecule has 0 fully saturated rings. The first-order chi connectivity index (χ1) is 12.9. The van der Waals surface area contributed by atoms with Gasteiger partial charge in [0.2, 0.25) is 5.91 Å². The van der Waals surface area contributed by atoms with Crippen molar-refractivity contribution in [1.29, 1.82) is 0 Å². The predicted molar refractivity (Wildman–Crippen MR) is 100 cm³/mol. The Hall–Kier alpha value is -2.58. The number of halogens is 2. The summed E-state index contributed by atoms with van der Waals surface area (Å²) >= 11 is 6.90. The number of hydrogen-bond acceptors (Lipinski definition) is 5. The summed E-state index contributed by atoms with van der Waals surface area (Å²) < 4.78 is 18.0. The number of fused-ring (bicyclic) bond motifs is 1. The molecule has 0 aliphatic carbocycles. The normalized spacial score (nSPS) is 15.5. The lowest BCUT2D eigenvalue weighted by Gasteiger charge is -2.23. The van der Waals surface area contributed by atoms with Crippen molar-refractivity contribution in [2.75, 3.05) is 17.2 Å². The highest BCUT2D eigenvalue weighted by atomic mass is 35.5. The third-order valence-electron chi connectivity index (χ3n) is 3.63. The number of carbonyl (C=O) groups excluding carboxylic acids is 3. The van der Waals surface area contributed by atoms with E-state index in [9.17, 15) is 18.8 Å². The Morgan fingerprint density at radius 2 is 2.04 bits per heavy atom. The van der Waals surface area contributed by atoms with E-state index in [1.165, 1.54) is 23.9 Å². The fraction of sp³-hybridized carbons (Fsp3) is 0.167. The van der Waals surface area contributed by atoms with Gasteiger partial charge in [0, 0.05) is 10.6 Å². The van der Waals surface area contributed by atoms with Crippen molar-refractivity contribution < 1.29 is 23.5 Å². The predicted octanol–water partition coefficient (Wildman–Crippen LogP) is 3.46. The van der Waals surface area contributed by atoms with E-state index in [1.807, 2.05) is 12.1 Å². The maximum absolute atomic E-state index is 13.1. The van der Waals surface area contributed by atoms with Crippen molar-refractivity contribution in [2.45, 2.75) is 16.6 Å². The van der Waals surface area contributed by atoms with Crippen molar-refractivity contribution in [1.82, 2.24) is 0 Å². The summed E-state index contributed by atoms with van der Waals surface area (Å²) in [7, 11) is 0. The van der Waals surface area contributed by atoms with E-state index in [1.54, 1.807) is 12.1 Å². The van der Waals surface area contributed by atoms with Gasteiger partial charge in [-0.05, 0) is 30.3 Å². The van der Waals surface area contributed by atoms with Crippen LogP contribution in [-0.2, 0) is 19.1 Å². The van der Waals surface area contributed by atoms with Gasteiger partial charge in [0.05, 0.1) is 22.4 Å². The van der Waals surface area contributed by atoms with Crippen LogP contribution in [0.2, 0.25) is 5.02 Å². The third kappa shape index (κ3) is 4.99. The Morgan fingerprint density at radius 1 is 1.26 bits per heavy atom. The van der Waals surface area contributed by atoms with Crippen LogP contribution in [0.1, 0.15) is 6.42 Å². The summed E-state index contributed by atoms with van der Waals surface area (Å²) in [6.07, 6.45) is -0.166. The van der Waals surface area contributed by atoms with Gasteiger partial charge in [-0.3, -0.25) is 14.4 Å². The van der Waals surface area contributed by atoms with Crippen LogP contribution in [0.3, 0.4) is 0 Å². The van der Waals surface area contributed by atoms with Crippen LogP contribution in [-0.4, -0.2) is 29.6 Å². The van der Waals surface area contributed by atoms with Crippen LogP contribution in [0, 0.1) is 5.82 Å². The van der Waals surface area contributed by atoms with Gasteiger partial charge in [0.1, 0.15) is 5.82 Å². The van der Waals surface area contributed by atoms with Gasteiger partial charge in [-0.1, -0.05) is 23.7 Å². The number of amides is 2. The molecule has 0 aromatic heterocycles. The number of anilines is 2. The molecule has 2 aromatic carbocycles. The first-order valence-corrected chi connectivity index (χ1v) is 9.15. The molecule has 9 heteroatoms. The summed E-state index contributed by atoms with van der Waals surface area (Å²) in [6, 6.07) is 11.0. The van der Waals surface area contributed by atoms with Crippen molar-refractivity contribution in [3.63, 3.8) is 0 Å². The van der Waals surface area contributed by atoms with Gasteiger partial charge in [-0.2, -0.15) is 0 Å². The smallest absolute Gasteiger partial charge is 0.307 e. The highest BCUT2D eigenvalue weighted by molar-refractivity contribution is 8.01. The van der Waals surface area contributed by atoms with Crippen LogP contribution in [0.25, 0.3) is 0 Å². The summed E-state index contributed by atoms with van der Waals surface area (Å²) in [5.74, 6) is -2.17. The number of para-hydroxylation sites is 1. The fourth-order valence-electron chi connectivity index (χ4n) is 2.35. The highest BCUT2D eigenvalue weighted by Gasteiger charge is 2.29. The largest absolute Gasteiger partial charge is 0.456 e. The second-order valence-electron chi connectivity index (χ2n) is 5.63. The Morgan fingerprint density at radius 3 is 2.81 bits per heavy atom. The maximum Gasteiger partial charge on any atom is 0.307 e. The SMILES string of the molecule is O=C(COC(=O)C[C@@H]1Sc2ccccc2NC1=O)Nc1ccc(F)c(Cl)c1. The van der Waals surface area contributed by atoms with Gasteiger partial charge < -0.3 is 15.4 Å². The molecule has 0 bridgehead atoms. The van der Waals surface area contributed by atoms with Gasteiger partial charge in [0.25, 0.3) is 5.91 Å². The minimum absolute atomic E-state index is 0.134. The lowest BCUT2D eigenvalue weighted by molar-refractivity contribution is -0.147. The standard InChI is InChI=1S/C18H14ClFN2O4S/c19-11-7-10(5-6-12(11)20)21-16(23)9-26-17(24)8-15-18(25)22-13-3-1-2-4-14(13)27-15/h1-7,15H,8-9H2,(H,21,23)(H,22,25)/t15-/m0/s1. The Balaban J connectivity index is 1.49. The molecule has 2 amide bonds. The molecule has 2 aromatic rings. The summed E-state index contributed by atoms with van der Waals surface area (Å²) in [4.78, 5) is 36.7. The molecule has 3 rings (SSSR count). The zero-order chi connectivity index (χ0) is 19.4. The van der Waals surface area contributed by atoms with Crippen LogP contribution < -0.4 is 10.6 Å². The van der Waals surface area contributed by atoms with Crippen molar-refractivity contribution >= 4 is 52.5 Å². The highest BCUT2D eigenvalue weighted by Crippen LogP contribution is 2.36. The number of hydrogen-bond donors (Lipinski definition) is 2. The molecule has 0 unspecified atom stereocenters. The number of carbonyl (C=O) groups is 3. The first kappa shape index (κ1) is 19.2. The lowest BCUT2D eigenvalue weighted by atomic mass is 10.2. The molecule has 1 heterocycles. The average molecular weight is 409 g/mol. The topological polar surface area (TPSA) is 84.5 Å². The molecule has 0 radical (unpaired) electrons. The monoisotopic (exact) mass is 408 g/mol. The number of nitrogens with one attached hydrogen (secondary N) is 2. The van der Waals surface area contributed by atoms with E-state index < -0.39 is 29.6 Å². The van der Waals surface area contributed by atoms with E-state index in [2.05, 4.69) is 10.6 Å². The second kappa shape index (κ2) is 8.41. The van der Waals surface area contributed by atoms with Gasteiger partial charge >= 0.3 is 5.97 Å². The number of ether oxygens (including phenoxy) is 1. The zero-order valence-electron chi connectivity index (χ0n) is 13.8. The Labute approximate surface area is 163 Å². The van der Waals surface area contributed by atoms with Crippen LogP contribution in [0.4, 0.5) is 15.8 Å². The molecule has 1 aliphatic heterocycles. The van der Waals surface area contributed by atoms with E-state index >= 15 is 0 Å². The van der Waals surface area contributed by atoms with Crippen molar-refractivity contribution in [3.8, 4) is 0 Å². The zero-order valence-corrected chi connectivity index (χ0v) is 15.4. The van der Waals surface area contributed by atoms with E-state index in [4.69, 9.17) is 16.3 Å².